The zero-order valence-corrected chi connectivity index (χ0v) is 13.8. The highest BCUT2D eigenvalue weighted by atomic mass is 79.9. The zero-order chi connectivity index (χ0) is 13.0. The van der Waals surface area contributed by atoms with Crippen molar-refractivity contribution in [3.8, 4) is 0 Å². The summed E-state index contributed by atoms with van der Waals surface area (Å²) in [5.74, 6) is 1.86. The topological polar surface area (TPSA) is 12.0 Å². The van der Waals surface area contributed by atoms with E-state index in [4.69, 9.17) is 0 Å². The summed E-state index contributed by atoms with van der Waals surface area (Å²) in [4.78, 5) is 1.51. The summed E-state index contributed by atoms with van der Waals surface area (Å²) in [6.07, 6.45) is 6.85. The van der Waals surface area contributed by atoms with Crippen LogP contribution in [0.3, 0.4) is 0 Å². The first-order chi connectivity index (χ1) is 8.72. The fourth-order valence-corrected chi connectivity index (χ4v) is 4.74. The summed E-state index contributed by atoms with van der Waals surface area (Å²) in [7, 11) is 0. The maximum atomic E-state index is 3.72. The summed E-state index contributed by atoms with van der Waals surface area (Å²) in [5, 5.41) is 3.72. The van der Waals surface area contributed by atoms with Crippen LogP contribution >= 0.6 is 27.3 Å². The molecule has 0 bridgehead atoms. The number of rotatable bonds is 6. The zero-order valence-electron chi connectivity index (χ0n) is 11.4. The van der Waals surface area contributed by atoms with Gasteiger partial charge < -0.3 is 5.32 Å². The molecule has 0 amide bonds. The average molecular weight is 330 g/mol. The van der Waals surface area contributed by atoms with Gasteiger partial charge in [-0.1, -0.05) is 26.7 Å². The van der Waals surface area contributed by atoms with Crippen molar-refractivity contribution in [3.63, 3.8) is 0 Å². The Bertz CT molecular complexity index is 363. The molecule has 0 spiro atoms. The van der Waals surface area contributed by atoms with Gasteiger partial charge in [0.2, 0.25) is 0 Å². The highest BCUT2D eigenvalue weighted by Gasteiger charge is 2.29. The Morgan fingerprint density at radius 3 is 2.78 bits per heavy atom. The average Bonchev–Trinajstić information content (AvgIpc) is 2.97. The van der Waals surface area contributed by atoms with E-state index in [2.05, 4.69) is 47.2 Å². The van der Waals surface area contributed by atoms with Crippen molar-refractivity contribution < 1.29 is 0 Å². The SMILES string of the molecule is CCNC(Cc1ccc(Br)s1)C1CCC(CC)C1. The van der Waals surface area contributed by atoms with Gasteiger partial charge in [0, 0.05) is 10.9 Å². The quantitative estimate of drug-likeness (QED) is 0.786. The highest BCUT2D eigenvalue weighted by molar-refractivity contribution is 9.11. The largest absolute Gasteiger partial charge is 0.314 e. The predicted octanol–water partition coefficient (Wildman–Crippen LogP) is 4.86. The molecule has 1 fully saturated rings. The molecular formula is C15H24BrNS. The molecule has 1 nitrogen and oxygen atoms in total. The molecule has 3 atom stereocenters. The normalized spacial score (nSPS) is 25.5. The molecule has 1 aliphatic carbocycles. The molecule has 1 saturated carbocycles. The van der Waals surface area contributed by atoms with Gasteiger partial charge in [0.05, 0.1) is 3.79 Å². The van der Waals surface area contributed by atoms with Crippen molar-refractivity contribution in [2.24, 2.45) is 11.8 Å². The lowest BCUT2D eigenvalue weighted by Crippen LogP contribution is -2.36. The Labute approximate surface area is 123 Å². The smallest absolute Gasteiger partial charge is 0.0701 e. The van der Waals surface area contributed by atoms with Crippen molar-refractivity contribution in [2.45, 2.75) is 52.0 Å². The second kappa shape index (κ2) is 7.06. The third kappa shape index (κ3) is 3.82. The van der Waals surface area contributed by atoms with Gasteiger partial charge in [-0.2, -0.15) is 0 Å². The van der Waals surface area contributed by atoms with Gasteiger partial charge >= 0.3 is 0 Å². The molecule has 0 radical (unpaired) electrons. The van der Waals surface area contributed by atoms with Gasteiger partial charge in [0.15, 0.2) is 0 Å². The number of nitrogens with one attached hydrogen (secondary N) is 1. The minimum absolute atomic E-state index is 0.678. The van der Waals surface area contributed by atoms with E-state index in [9.17, 15) is 0 Å². The molecule has 1 N–H and O–H groups in total. The molecule has 1 aliphatic rings. The van der Waals surface area contributed by atoms with Crippen LogP contribution in [0.1, 0.15) is 44.4 Å². The minimum atomic E-state index is 0.678. The molecule has 1 aromatic rings. The van der Waals surface area contributed by atoms with Crippen LogP contribution < -0.4 is 5.32 Å². The molecule has 0 saturated heterocycles. The van der Waals surface area contributed by atoms with Crippen molar-refractivity contribution in [2.75, 3.05) is 6.54 Å². The molecule has 3 heteroatoms. The first-order valence-electron chi connectivity index (χ1n) is 7.20. The first-order valence-corrected chi connectivity index (χ1v) is 8.81. The lowest BCUT2D eigenvalue weighted by atomic mass is 9.93. The van der Waals surface area contributed by atoms with Crippen LogP contribution in [0.25, 0.3) is 0 Å². The summed E-state index contributed by atoms with van der Waals surface area (Å²) >= 11 is 5.45. The van der Waals surface area contributed by atoms with Gasteiger partial charge in [-0.3, -0.25) is 0 Å². The molecule has 102 valence electrons. The number of likely N-dealkylation sites (N-methyl/N-ethyl adjacent to an activating group) is 1. The molecular weight excluding hydrogens is 306 g/mol. The Balaban J connectivity index is 1.95. The fraction of sp³-hybridized carbons (Fsp3) is 0.733. The van der Waals surface area contributed by atoms with E-state index in [1.165, 1.54) is 40.8 Å². The van der Waals surface area contributed by atoms with Gasteiger partial charge in [-0.25, -0.2) is 0 Å². The second-order valence-corrected chi connectivity index (χ2v) is 7.97. The maximum absolute atomic E-state index is 3.72. The molecule has 18 heavy (non-hydrogen) atoms. The third-order valence-electron chi connectivity index (χ3n) is 4.24. The van der Waals surface area contributed by atoms with Crippen molar-refractivity contribution in [1.82, 2.24) is 5.32 Å². The van der Waals surface area contributed by atoms with Crippen LogP contribution in [-0.2, 0) is 6.42 Å². The number of hydrogen-bond acceptors (Lipinski definition) is 2. The molecule has 3 unspecified atom stereocenters. The van der Waals surface area contributed by atoms with Gasteiger partial charge in [0.25, 0.3) is 0 Å². The Morgan fingerprint density at radius 2 is 2.22 bits per heavy atom. The van der Waals surface area contributed by atoms with E-state index in [0.29, 0.717) is 6.04 Å². The fourth-order valence-electron chi connectivity index (χ4n) is 3.20. The van der Waals surface area contributed by atoms with E-state index in [0.717, 1.165) is 18.4 Å². The number of thiophene rings is 1. The van der Waals surface area contributed by atoms with E-state index in [1.54, 1.807) is 0 Å². The Morgan fingerprint density at radius 1 is 1.39 bits per heavy atom. The predicted molar refractivity (Wildman–Crippen MR) is 84.3 cm³/mol. The molecule has 1 aromatic heterocycles. The van der Waals surface area contributed by atoms with E-state index < -0.39 is 0 Å². The summed E-state index contributed by atoms with van der Waals surface area (Å²) in [5.41, 5.74) is 0. The monoisotopic (exact) mass is 329 g/mol. The van der Waals surface area contributed by atoms with Crippen LogP contribution in [0.15, 0.2) is 15.9 Å². The van der Waals surface area contributed by atoms with E-state index in [1.807, 2.05) is 11.3 Å². The molecule has 2 rings (SSSR count). The van der Waals surface area contributed by atoms with Crippen LogP contribution in [0, 0.1) is 11.8 Å². The molecule has 1 heterocycles. The highest BCUT2D eigenvalue weighted by Crippen LogP contribution is 2.36. The van der Waals surface area contributed by atoms with Gasteiger partial charge in [-0.05, 0) is 65.7 Å². The second-order valence-electron chi connectivity index (χ2n) is 5.42. The van der Waals surface area contributed by atoms with Crippen LogP contribution in [-0.4, -0.2) is 12.6 Å². The lowest BCUT2D eigenvalue weighted by molar-refractivity contribution is 0.350. The van der Waals surface area contributed by atoms with E-state index in [-0.39, 0.29) is 0 Å². The van der Waals surface area contributed by atoms with Crippen molar-refractivity contribution in [1.29, 1.82) is 0 Å². The van der Waals surface area contributed by atoms with Crippen molar-refractivity contribution >= 4 is 27.3 Å². The number of hydrogen-bond donors (Lipinski definition) is 1. The van der Waals surface area contributed by atoms with Crippen molar-refractivity contribution in [3.05, 3.63) is 20.8 Å². The summed E-state index contributed by atoms with van der Waals surface area (Å²) in [6, 6.07) is 5.12. The maximum Gasteiger partial charge on any atom is 0.0701 e. The van der Waals surface area contributed by atoms with Crippen LogP contribution in [0.2, 0.25) is 0 Å². The summed E-state index contributed by atoms with van der Waals surface area (Å²) < 4.78 is 1.26. The van der Waals surface area contributed by atoms with Crippen LogP contribution in [0.5, 0.6) is 0 Å². The third-order valence-corrected chi connectivity index (χ3v) is 5.89. The standard InChI is InChI=1S/C15H24BrNS/c1-3-11-5-6-12(9-11)14(17-4-2)10-13-7-8-15(16)18-13/h7-8,11-12,14,17H,3-6,9-10H2,1-2H3. The number of halogens is 1. The van der Waals surface area contributed by atoms with Crippen LogP contribution in [0.4, 0.5) is 0 Å². The summed E-state index contributed by atoms with van der Waals surface area (Å²) in [6.45, 7) is 5.65. The van der Waals surface area contributed by atoms with Gasteiger partial charge in [-0.15, -0.1) is 11.3 Å². The lowest BCUT2D eigenvalue weighted by Gasteiger charge is -2.24. The van der Waals surface area contributed by atoms with E-state index >= 15 is 0 Å². The minimum Gasteiger partial charge on any atom is -0.314 e. The van der Waals surface area contributed by atoms with Gasteiger partial charge in [0.1, 0.15) is 0 Å². The Hall–Kier alpha value is 0.140. The molecule has 0 aromatic carbocycles. The Kier molecular flexibility index (Phi) is 5.71. The molecule has 0 aliphatic heterocycles. The first kappa shape index (κ1) is 14.5.